The van der Waals surface area contributed by atoms with Crippen molar-refractivity contribution in [1.82, 2.24) is 4.98 Å². The van der Waals surface area contributed by atoms with Gasteiger partial charge in [0.25, 0.3) is 0 Å². The molecule has 4 rings (SSSR count). The number of nitrogens with one attached hydrogen (secondary N) is 1. The topological polar surface area (TPSA) is 80.7 Å². The number of carbonyl (C=O) groups is 1. The molecule has 166 valence electrons. The molecule has 1 amide bonds. The van der Waals surface area contributed by atoms with Crippen molar-refractivity contribution in [3.63, 3.8) is 0 Å². The quantitative estimate of drug-likeness (QED) is 0.392. The van der Waals surface area contributed by atoms with Gasteiger partial charge in [0.05, 0.1) is 19.2 Å². The Balaban J connectivity index is 1.40. The Morgan fingerprint density at radius 2 is 1.70 bits per heavy atom. The minimum atomic E-state index is -0.199. The summed E-state index contributed by atoms with van der Waals surface area (Å²) in [6, 6.07) is 27.5. The lowest BCUT2D eigenvalue weighted by Crippen LogP contribution is -2.15. The molecule has 33 heavy (non-hydrogen) atoms. The first-order chi connectivity index (χ1) is 16.1. The highest BCUT2D eigenvalue weighted by Crippen LogP contribution is 2.29. The Labute approximate surface area is 192 Å². The number of methoxy groups -OCH3 is 1. The molecule has 0 aliphatic heterocycles. The van der Waals surface area contributed by atoms with E-state index in [1.807, 2.05) is 60.7 Å². The molecule has 6 heteroatoms. The molecule has 2 N–H and O–H groups in total. The van der Waals surface area contributed by atoms with Gasteiger partial charge in [-0.1, -0.05) is 54.6 Å². The number of carbonyl (C=O) groups excluding carboxylic acids is 1. The van der Waals surface area contributed by atoms with Crippen LogP contribution in [0.3, 0.4) is 0 Å². The van der Waals surface area contributed by atoms with Gasteiger partial charge in [-0.3, -0.25) is 4.79 Å². The number of pyridine rings is 1. The van der Waals surface area contributed by atoms with Crippen LogP contribution in [0.15, 0.2) is 91.0 Å². The summed E-state index contributed by atoms with van der Waals surface area (Å²) in [5, 5.41) is 12.5. The Hall–Kier alpha value is -4.32. The van der Waals surface area contributed by atoms with Crippen molar-refractivity contribution >= 4 is 11.7 Å². The summed E-state index contributed by atoms with van der Waals surface area (Å²) < 4.78 is 11.3. The van der Waals surface area contributed by atoms with Crippen molar-refractivity contribution < 1.29 is 19.4 Å². The Kier molecular flexibility index (Phi) is 6.85. The van der Waals surface area contributed by atoms with Crippen molar-refractivity contribution in [2.24, 2.45) is 0 Å². The van der Waals surface area contributed by atoms with Crippen LogP contribution in [0.4, 0.5) is 5.82 Å². The second-order valence-electron chi connectivity index (χ2n) is 7.44. The molecule has 1 heterocycles. The Morgan fingerprint density at radius 1 is 0.879 bits per heavy atom. The molecule has 3 aromatic carbocycles. The van der Waals surface area contributed by atoms with Crippen molar-refractivity contribution in [3.05, 3.63) is 102 Å². The fourth-order valence-corrected chi connectivity index (χ4v) is 3.38. The average Bonchev–Trinajstić information content (AvgIpc) is 2.84. The number of nitrogens with zero attached hydrogens (tertiary/aromatic N) is 1. The highest BCUT2D eigenvalue weighted by molar-refractivity contribution is 5.91. The molecule has 4 aromatic rings. The zero-order chi connectivity index (χ0) is 23.0. The van der Waals surface area contributed by atoms with E-state index >= 15 is 0 Å². The number of aromatic nitrogens is 1. The Morgan fingerprint density at radius 3 is 2.48 bits per heavy atom. The molecular formula is C27H24N2O4. The van der Waals surface area contributed by atoms with Gasteiger partial charge in [-0.25, -0.2) is 4.98 Å². The van der Waals surface area contributed by atoms with E-state index in [2.05, 4.69) is 10.3 Å². The van der Waals surface area contributed by atoms with Gasteiger partial charge in [-0.15, -0.1) is 0 Å². The summed E-state index contributed by atoms with van der Waals surface area (Å²) in [6.45, 7) is 0.429. The highest BCUT2D eigenvalue weighted by atomic mass is 16.5. The van der Waals surface area contributed by atoms with Gasteiger partial charge >= 0.3 is 0 Å². The van der Waals surface area contributed by atoms with Gasteiger partial charge in [0.1, 0.15) is 18.2 Å². The maximum Gasteiger partial charge on any atom is 0.229 e. The number of hydrogen-bond donors (Lipinski definition) is 2. The maximum atomic E-state index is 12.6. The summed E-state index contributed by atoms with van der Waals surface area (Å²) in [4.78, 5) is 17.1. The maximum absolute atomic E-state index is 12.6. The largest absolute Gasteiger partial charge is 0.508 e. The summed E-state index contributed by atoms with van der Waals surface area (Å²) in [5.74, 6) is 1.59. The monoisotopic (exact) mass is 440 g/mol. The van der Waals surface area contributed by atoms with Crippen LogP contribution in [0.5, 0.6) is 17.2 Å². The molecule has 0 fully saturated rings. The first-order valence-corrected chi connectivity index (χ1v) is 10.5. The summed E-state index contributed by atoms with van der Waals surface area (Å²) in [6.07, 6.45) is 0.160. The predicted octanol–water partition coefficient (Wildman–Crippen LogP) is 5.22. The summed E-state index contributed by atoms with van der Waals surface area (Å²) in [5.41, 5.74) is 3.27. The fourth-order valence-electron chi connectivity index (χ4n) is 3.38. The Bertz CT molecular complexity index is 1240. The smallest absolute Gasteiger partial charge is 0.229 e. The van der Waals surface area contributed by atoms with E-state index in [-0.39, 0.29) is 18.1 Å². The molecule has 0 atom stereocenters. The predicted molar refractivity (Wildman–Crippen MR) is 127 cm³/mol. The summed E-state index contributed by atoms with van der Waals surface area (Å²) >= 11 is 0. The van der Waals surface area contributed by atoms with E-state index in [1.165, 1.54) is 0 Å². The third-order valence-electron chi connectivity index (χ3n) is 4.99. The van der Waals surface area contributed by atoms with E-state index in [4.69, 9.17) is 9.47 Å². The SMILES string of the molecule is COc1cc(CC(=O)Nc2cccc(-c3cccc(O)c3)n2)ccc1OCc1ccccc1. The first kappa shape index (κ1) is 21.9. The number of benzene rings is 3. The van der Waals surface area contributed by atoms with Crippen LogP contribution in [0.2, 0.25) is 0 Å². The fraction of sp³-hybridized carbons (Fsp3) is 0.111. The number of aromatic hydroxyl groups is 1. The molecule has 0 unspecified atom stereocenters. The molecule has 0 saturated heterocycles. The van der Waals surface area contributed by atoms with Gasteiger partial charge in [0, 0.05) is 5.56 Å². The third-order valence-corrected chi connectivity index (χ3v) is 4.99. The van der Waals surface area contributed by atoms with Gasteiger partial charge in [-0.05, 0) is 47.5 Å². The van der Waals surface area contributed by atoms with Crippen molar-refractivity contribution in [2.75, 3.05) is 12.4 Å². The highest BCUT2D eigenvalue weighted by Gasteiger charge is 2.11. The average molecular weight is 440 g/mol. The number of hydrogen-bond acceptors (Lipinski definition) is 5. The lowest BCUT2D eigenvalue weighted by atomic mass is 10.1. The van der Waals surface area contributed by atoms with Gasteiger partial charge in [0.2, 0.25) is 5.91 Å². The van der Waals surface area contributed by atoms with Crippen LogP contribution in [0.1, 0.15) is 11.1 Å². The number of phenols is 1. The van der Waals surface area contributed by atoms with E-state index in [0.717, 1.165) is 16.7 Å². The molecular weight excluding hydrogens is 416 g/mol. The molecule has 0 aliphatic rings. The van der Waals surface area contributed by atoms with Crippen LogP contribution in [0, 0.1) is 0 Å². The lowest BCUT2D eigenvalue weighted by Gasteiger charge is -2.12. The number of phenolic OH excluding ortho intramolecular Hbond substituents is 1. The van der Waals surface area contributed by atoms with E-state index < -0.39 is 0 Å². The minimum Gasteiger partial charge on any atom is -0.508 e. The van der Waals surface area contributed by atoms with Gasteiger partial charge in [-0.2, -0.15) is 0 Å². The number of amides is 1. The number of ether oxygens (including phenoxy) is 2. The van der Waals surface area contributed by atoms with Gasteiger partial charge in [0.15, 0.2) is 11.5 Å². The van der Waals surface area contributed by atoms with Crippen molar-refractivity contribution in [2.45, 2.75) is 13.0 Å². The molecule has 6 nitrogen and oxygen atoms in total. The van der Waals surface area contributed by atoms with Crippen LogP contribution in [-0.2, 0) is 17.8 Å². The van der Waals surface area contributed by atoms with Crippen LogP contribution < -0.4 is 14.8 Å². The van der Waals surface area contributed by atoms with Crippen molar-refractivity contribution in [3.8, 4) is 28.5 Å². The second kappa shape index (κ2) is 10.3. The zero-order valence-corrected chi connectivity index (χ0v) is 18.2. The first-order valence-electron chi connectivity index (χ1n) is 10.5. The standard InChI is InChI=1S/C27H24N2O4/c1-32-25-15-20(13-14-24(25)33-18-19-7-3-2-4-8-19)16-27(31)29-26-12-6-11-23(28-26)21-9-5-10-22(30)17-21/h2-15,17,30H,16,18H2,1H3,(H,28,29,31). The van der Waals surface area contributed by atoms with E-state index in [9.17, 15) is 9.90 Å². The van der Waals surface area contributed by atoms with E-state index in [1.54, 1.807) is 37.4 Å². The van der Waals surface area contributed by atoms with Crippen LogP contribution in [0.25, 0.3) is 11.3 Å². The molecule has 0 saturated carbocycles. The molecule has 0 aliphatic carbocycles. The molecule has 1 aromatic heterocycles. The van der Waals surface area contributed by atoms with Crippen LogP contribution >= 0.6 is 0 Å². The number of anilines is 1. The normalized spacial score (nSPS) is 10.5. The third kappa shape index (κ3) is 5.89. The number of rotatable bonds is 8. The molecule has 0 radical (unpaired) electrons. The van der Waals surface area contributed by atoms with E-state index in [0.29, 0.717) is 29.6 Å². The molecule has 0 bridgehead atoms. The lowest BCUT2D eigenvalue weighted by molar-refractivity contribution is -0.115. The van der Waals surface area contributed by atoms with Gasteiger partial charge < -0.3 is 19.9 Å². The van der Waals surface area contributed by atoms with Crippen LogP contribution in [-0.4, -0.2) is 23.1 Å². The zero-order valence-electron chi connectivity index (χ0n) is 18.2. The summed E-state index contributed by atoms with van der Waals surface area (Å²) in [7, 11) is 1.57. The minimum absolute atomic E-state index is 0.160. The molecule has 0 spiro atoms. The second-order valence-corrected chi connectivity index (χ2v) is 7.44. The van der Waals surface area contributed by atoms with Crippen molar-refractivity contribution in [1.29, 1.82) is 0 Å².